The van der Waals surface area contributed by atoms with Crippen LogP contribution in [0.15, 0.2) is 72.9 Å². The summed E-state index contributed by atoms with van der Waals surface area (Å²) in [4.78, 5) is 8.77. The predicted molar refractivity (Wildman–Crippen MR) is 155 cm³/mol. The molecular formula is C29H26F4N6O3S. The van der Waals surface area contributed by atoms with E-state index in [9.17, 15) is 21.6 Å². The molecule has 0 amide bonds. The van der Waals surface area contributed by atoms with Crippen LogP contribution in [0.25, 0.3) is 22.4 Å². The highest BCUT2D eigenvalue weighted by atomic mass is 32.2. The Morgan fingerprint density at radius 1 is 1.00 bits per heavy atom. The molecule has 0 saturated heterocycles. The van der Waals surface area contributed by atoms with E-state index < -0.39 is 28.4 Å². The second-order valence-corrected chi connectivity index (χ2v) is 11.8. The van der Waals surface area contributed by atoms with Crippen molar-refractivity contribution in [3.8, 4) is 17.1 Å². The van der Waals surface area contributed by atoms with Gasteiger partial charge in [-0.2, -0.15) is 18.3 Å². The summed E-state index contributed by atoms with van der Waals surface area (Å²) in [5, 5.41) is 10.2. The number of benzene rings is 3. The van der Waals surface area contributed by atoms with Crippen molar-refractivity contribution in [3.63, 3.8) is 0 Å². The number of fused-ring (bicyclic) bond motifs is 1. The molecule has 9 nitrogen and oxygen atoms in total. The first kappa shape index (κ1) is 29.8. The van der Waals surface area contributed by atoms with Crippen molar-refractivity contribution >= 4 is 32.6 Å². The number of nitrogens with one attached hydrogen (secondary N) is 2. The number of hydrogen-bond donors (Lipinski definition) is 2. The Morgan fingerprint density at radius 2 is 1.72 bits per heavy atom. The van der Waals surface area contributed by atoms with E-state index in [1.165, 1.54) is 13.2 Å². The van der Waals surface area contributed by atoms with Gasteiger partial charge in [-0.25, -0.2) is 22.8 Å². The number of aromatic nitrogens is 4. The van der Waals surface area contributed by atoms with E-state index in [0.29, 0.717) is 16.6 Å². The van der Waals surface area contributed by atoms with Crippen LogP contribution in [0.1, 0.15) is 16.7 Å². The predicted octanol–water partition coefficient (Wildman–Crippen LogP) is 5.85. The molecule has 3 aromatic carbocycles. The van der Waals surface area contributed by atoms with Crippen LogP contribution in [0.5, 0.6) is 5.75 Å². The Balaban J connectivity index is 1.52. The lowest BCUT2D eigenvalue weighted by molar-refractivity contribution is -0.127. The number of sulfonamides is 1. The third-order valence-electron chi connectivity index (χ3n) is 6.61. The first-order valence-corrected chi connectivity index (χ1v) is 14.8. The molecular weight excluding hydrogens is 588 g/mol. The Kier molecular flexibility index (Phi) is 8.22. The number of para-hydroxylation sites is 1. The number of nitrogens with zero attached hydrogens (tertiary/aromatic N) is 4. The van der Waals surface area contributed by atoms with Crippen molar-refractivity contribution in [2.75, 3.05) is 22.9 Å². The number of aromatic amines is 1. The van der Waals surface area contributed by atoms with Gasteiger partial charge in [0.25, 0.3) is 0 Å². The van der Waals surface area contributed by atoms with E-state index in [1.807, 2.05) is 0 Å². The summed E-state index contributed by atoms with van der Waals surface area (Å²) in [7, 11) is -2.12. The maximum atomic E-state index is 15.2. The molecule has 0 spiro atoms. The van der Waals surface area contributed by atoms with Gasteiger partial charge in [0, 0.05) is 19.2 Å². The highest BCUT2D eigenvalue weighted by Crippen LogP contribution is 2.35. The monoisotopic (exact) mass is 614 g/mol. The maximum Gasteiger partial charge on any atom is 0.393 e. The van der Waals surface area contributed by atoms with Crippen LogP contribution in [-0.4, -0.2) is 48.1 Å². The Labute approximate surface area is 244 Å². The zero-order chi connectivity index (χ0) is 30.8. The SMILES string of the molecule is CN(c1ccccc1CNc1nc(-c2cc(F)c(OCc3ccccc3)cc2CC(F)(F)F)nc2[nH]ncc12)S(C)(=O)=O. The van der Waals surface area contributed by atoms with Crippen LogP contribution < -0.4 is 14.4 Å². The van der Waals surface area contributed by atoms with E-state index in [4.69, 9.17) is 4.74 Å². The molecule has 2 heterocycles. The zero-order valence-corrected chi connectivity index (χ0v) is 23.8. The molecule has 0 bridgehead atoms. The third kappa shape index (κ3) is 7.02. The largest absolute Gasteiger partial charge is 0.486 e. The van der Waals surface area contributed by atoms with Crippen molar-refractivity contribution in [2.24, 2.45) is 0 Å². The first-order chi connectivity index (χ1) is 20.4. The smallest absolute Gasteiger partial charge is 0.393 e. The molecule has 43 heavy (non-hydrogen) atoms. The van der Waals surface area contributed by atoms with Crippen LogP contribution in [-0.2, 0) is 29.6 Å². The molecule has 224 valence electrons. The molecule has 0 unspecified atom stereocenters. The molecule has 0 aliphatic heterocycles. The number of rotatable bonds is 10. The molecule has 0 atom stereocenters. The van der Waals surface area contributed by atoms with Crippen LogP contribution in [0.4, 0.5) is 29.1 Å². The minimum atomic E-state index is -4.61. The van der Waals surface area contributed by atoms with Gasteiger partial charge in [0.05, 0.1) is 29.9 Å². The summed E-state index contributed by atoms with van der Waals surface area (Å²) in [5.41, 5.74) is 1.51. The second-order valence-electron chi connectivity index (χ2n) is 9.75. The van der Waals surface area contributed by atoms with Gasteiger partial charge >= 0.3 is 6.18 Å². The Bertz CT molecular complexity index is 1860. The van der Waals surface area contributed by atoms with E-state index in [2.05, 4.69) is 25.5 Å². The van der Waals surface area contributed by atoms with Crippen molar-refractivity contribution in [1.82, 2.24) is 20.2 Å². The van der Waals surface area contributed by atoms with Crippen molar-refractivity contribution in [2.45, 2.75) is 25.7 Å². The lowest BCUT2D eigenvalue weighted by Crippen LogP contribution is -2.26. The summed E-state index contributed by atoms with van der Waals surface area (Å²) in [6.45, 7) is 0.0615. The second kappa shape index (κ2) is 11.9. The maximum absolute atomic E-state index is 15.2. The van der Waals surface area contributed by atoms with Gasteiger partial charge in [-0.3, -0.25) is 9.40 Å². The fourth-order valence-corrected chi connectivity index (χ4v) is 4.96. The molecule has 2 N–H and O–H groups in total. The van der Waals surface area contributed by atoms with E-state index in [1.54, 1.807) is 54.6 Å². The van der Waals surface area contributed by atoms with Crippen molar-refractivity contribution in [1.29, 1.82) is 0 Å². The van der Waals surface area contributed by atoms with Gasteiger partial charge in [0.1, 0.15) is 12.4 Å². The molecule has 0 aliphatic rings. The van der Waals surface area contributed by atoms with Crippen LogP contribution >= 0.6 is 0 Å². The number of ether oxygens (including phenoxy) is 1. The van der Waals surface area contributed by atoms with Gasteiger partial charge in [0.15, 0.2) is 23.0 Å². The van der Waals surface area contributed by atoms with Gasteiger partial charge in [-0.05, 0) is 34.9 Å². The number of H-pyrrole nitrogens is 1. The van der Waals surface area contributed by atoms with Crippen LogP contribution in [0, 0.1) is 5.82 Å². The topological polar surface area (TPSA) is 113 Å². The highest BCUT2D eigenvalue weighted by Gasteiger charge is 2.31. The third-order valence-corrected chi connectivity index (χ3v) is 7.80. The van der Waals surface area contributed by atoms with Gasteiger partial charge in [-0.15, -0.1) is 0 Å². The minimum absolute atomic E-state index is 0.0385. The average Bonchev–Trinajstić information content (AvgIpc) is 3.44. The normalized spacial score (nSPS) is 12.0. The number of anilines is 2. The van der Waals surface area contributed by atoms with E-state index >= 15 is 4.39 Å². The average molecular weight is 615 g/mol. The zero-order valence-electron chi connectivity index (χ0n) is 23.0. The number of halogens is 4. The van der Waals surface area contributed by atoms with Crippen LogP contribution in [0.2, 0.25) is 0 Å². The molecule has 0 fully saturated rings. The Morgan fingerprint density at radius 3 is 2.44 bits per heavy atom. The summed E-state index contributed by atoms with van der Waals surface area (Å²) in [5.74, 6) is -1.18. The molecule has 2 aromatic heterocycles. The fourth-order valence-electron chi connectivity index (χ4n) is 4.43. The summed E-state index contributed by atoms with van der Waals surface area (Å²) in [6, 6.07) is 17.6. The molecule has 0 radical (unpaired) electrons. The Hall–Kier alpha value is -4.72. The molecule has 0 saturated carbocycles. The lowest BCUT2D eigenvalue weighted by Gasteiger charge is -2.20. The molecule has 5 aromatic rings. The molecule has 0 aliphatic carbocycles. The standard InChI is InChI=1S/C29H26F4N6O3S/c1-39(43(2,40)41)24-11-7-6-10-19(24)15-34-26-22-16-35-38-28(22)37-27(36-26)21-13-23(30)25(12-20(21)14-29(31,32)33)42-17-18-8-4-3-5-9-18/h3-13,16H,14-15,17H2,1-2H3,(H2,34,35,36,37,38). The number of alkyl halides is 3. The van der Waals surface area contributed by atoms with Gasteiger partial charge < -0.3 is 10.1 Å². The quantitative estimate of drug-likeness (QED) is 0.190. The van der Waals surface area contributed by atoms with Crippen molar-refractivity contribution < 1.29 is 30.7 Å². The molecule has 14 heteroatoms. The minimum Gasteiger partial charge on any atom is -0.486 e. The van der Waals surface area contributed by atoms with E-state index in [0.717, 1.165) is 28.3 Å². The van der Waals surface area contributed by atoms with Crippen LogP contribution in [0.3, 0.4) is 0 Å². The summed E-state index contributed by atoms with van der Waals surface area (Å²) >= 11 is 0. The van der Waals surface area contributed by atoms with Gasteiger partial charge in [-0.1, -0.05) is 48.5 Å². The summed E-state index contributed by atoms with van der Waals surface area (Å²) in [6.07, 6.45) is -3.47. The first-order valence-electron chi connectivity index (χ1n) is 12.9. The van der Waals surface area contributed by atoms with E-state index in [-0.39, 0.29) is 47.3 Å². The lowest BCUT2D eigenvalue weighted by atomic mass is 10.0. The summed E-state index contributed by atoms with van der Waals surface area (Å²) < 4.78 is 87.1. The van der Waals surface area contributed by atoms with Gasteiger partial charge in [0.2, 0.25) is 10.0 Å². The fraction of sp³-hybridized carbons (Fsp3) is 0.207. The van der Waals surface area contributed by atoms with Crippen molar-refractivity contribution in [3.05, 3.63) is 95.4 Å². The highest BCUT2D eigenvalue weighted by molar-refractivity contribution is 7.92. The number of hydrogen-bond acceptors (Lipinski definition) is 7. The molecule has 5 rings (SSSR count).